The summed E-state index contributed by atoms with van der Waals surface area (Å²) in [4.78, 5) is 19.6. The number of fused-ring (bicyclic) bond motifs is 1. The van der Waals surface area contributed by atoms with Crippen molar-refractivity contribution in [3.63, 3.8) is 0 Å². The van der Waals surface area contributed by atoms with E-state index in [2.05, 4.69) is 18.3 Å². The topological polar surface area (TPSA) is 45.2 Å². The Morgan fingerprint density at radius 2 is 2.12 bits per heavy atom. The first-order chi connectivity index (χ1) is 11.6. The van der Waals surface area contributed by atoms with Crippen molar-refractivity contribution in [3.8, 4) is 0 Å². The van der Waals surface area contributed by atoms with E-state index in [9.17, 15) is 4.79 Å². The molecule has 1 N–H and O–H groups in total. The van der Waals surface area contributed by atoms with E-state index in [1.807, 2.05) is 37.1 Å². The maximum atomic E-state index is 12.8. The fourth-order valence-corrected chi connectivity index (χ4v) is 3.84. The maximum absolute atomic E-state index is 12.8. The third kappa shape index (κ3) is 3.44. The predicted octanol–water partition coefficient (Wildman–Crippen LogP) is 2.85. The van der Waals surface area contributed by atoms with E-state index < -0.39 is 0 Å². The molecule has 128 valence electrons. The molecule has 1 saturated heterocycles. The van der Waals surface area contributed by atoms with Gasteiger partial charge in [-0.2, -0.15) is 0 Å². The van der Waals surface area contributed by atoms with Crippen LogP contribution in [0, 0.1) is 19.8 Å². The van der Waals surface area contributed by atoms with Crippen molar-refractivity contribution in [3.05, 3.63) is 41.1 Å². The average Bonchev–Trinajstić information content (AvgIpc) is 2.59. The number of para-hydroxylation sites is 1. The van der Waals surface area contributed by atoms with Gasteiger partial charge in [-0.05, 0) is 63.4 Å². The van der Waals surface area contributed by atoms with Crippen LogP contribution in [0.3, 0.4) is 0 Å². The Labute approximate surface area is 144 Å². The summed E-state index contributed by atoms with van der Waals surface area (Å²) in [6, 6.07) is 8.17. The van der Waals surface area contributed by atoms with E-state index in [4.69, 9.17) is 4.98 Å². The van der Waals surface area contributed by atoms with Gasteiger partial charge in [0.2, 0.25) is 5.91 Å². The number of piperidine rings is 1. The van der Waals surface area contributed by atoms with Crippen LogP contribution in [-0.2, 0) is 11.2 Å². The van der Waals surface area contributed by atoms with E-state index in [0.717, 1.165) is 48.2 Å². The largest absolute Gasteiger partial charge is 0.342 e. The summed E-state index contributed by atoms with van der Waals surface area (Å²) in [7, 11) is 1.98. The standard InChI is InChI=1S/C20H27N3O/c1-14-17-8-4-5-9-19(17)22-15(2)18(14)11-20(24)23-10-6-7-16(13-23)12-21-3/h4-5,8-9,16,21H,6-7,10-13H2,1-3H3/t16-/m0/s1. The van der Waals surface area contributed by atoms with Gasteiger partial charge in [-0.15, -0.1) is 0 Å². The number of amides is 1. The first-order valence-electron chi connectivity index (χ1n) is 8.87. The van der Waals surface area contributed by atoms with Gasteiger partial charge in [-0.3, -0.25) is 9.78 Å². The van der Waals surface area contributed by atoms with Crippen LogP contribution < -0.4 is 5.32 Å². The lowest BCUT2D eigenvalue weighted by Crippen LogP contribution is -2.43. The summed E-state index contributed by atoms with van der Waals surface area (Å²) < 4.78 is 0. The normalized spacial score (nSPS) is 18.1. The molecule has 0 spiro atoms. The Balaban J connectivity index is 1.80. The molecule has 1 aliphatic heterocycles. The number of nitrogens with zero attached hydrogens (tertiary/aromatic N) is 2. The molecule has 0 bridgehead atoms. The molecule has 2 heterocycles. The molecular formula is C20H27N3O. The summed E-state index contributed by atoms with van der Waals surface area (Å²) in [5, 5.41) is 4.39. The number of hydrogen-bond acceptors (Lipinski definition) is 3. The molecule has 1 aromatic heterocycles. The number of carbonyl (C=O) groups is 1. The number of pyridine rings is 1. The van der Waals surface area contributed by atoms with Gasteiger partial charge in [0, 0.05) is 24.2 Å². The van der Waals surface area contributed by atoms with Crippen molar-refractivity contribution in [1.29, 1.82) is 0 Å². The molecule has 1 amide bonds. The SMILES string of the molecule is CNC[C@@H]1CCCN(C(=O)Cc2c(C)nc3ccccc3c2C)C1. The minimum absolute atomic E-state index is 0.235. The van der Waals surface area contributed by atoms with Crippen molar-refractivity contribution in [2.24, 2.45) is 5.92 Å². The van der Waals surface area contributed by atoms with E-state index in [-0.39, 0.29) is 5.91 Å². The van der Waals surface area contributed by atoms with Crippen molar-refractivity contribution < 1.29 is 4.79 Å². The number of benzene rings is 1. The minimum atomic E-state index is 0.235. The molecule has 0 saturated carbocycles. The van der Waals surface area contributed by atoms with Gasteiger partial charge in [0.05, 0.1) is 11.9 Å². The Hall–Kier alpha value is -1.94. The number of hydrogen-bond donors (Lipinski definition) is 1. The van der Waals surface area contributed by atoms with Crippen LogP contribution in [0.2, 0.25) is 0 Å². The second-order valence-corrected chi connectivity index (χ2v) is 6.90. The smallest absolute Gasteiger partial charge is 0.227 e. The van der Waals surface area contributed by atoms with Crippen molar-refractivity contribution in [2.45, 2.75) is 33.1 Å². The Kier molecular flexibility index (Phi) is 5.14. The number of rotatable bonds is 4. The summed E-state index contributed by atoms with van der Waals surface area (Å²) in [5.41, 5.74) is 4.27. The lowest BCUT2D eigenvalue weighted by molar-refractivity contribution is -0.132. The molecule has 0 aliphatic carbocycles. The van der Waals surface area contributed by atoms with E-state index >= 15 is 0 Å². The van der Waals surface area contributed by atoms with Gasteiger partial charge in [0.25, 0.3) is 0 Å². The highest BCUT2D eigenvalue weighted by atomic mass is 16.2. The van der Waals surface area contributed by atoms with Crippen LogP contribution >= 0.6 is 0 Å². The van der Waals surface area contributed by atoms with E-state index in [1.54, 1.807) is 0 Å². The van der Waals surface area contributed by atoms with Gasteiger partial charge in [0.15, 0.2) is 0 Å². The zero-order valence-corrected chi connectivity index (χ0v) is 14.9. The fraction of sp³-hybridized carbons (Fsp3) is 0.500. The second kappa shape index (κ2) is 7.31. The molecular weight excluding hydrogens is 298 g/mol. The average molecular weight is 325 g/mol. The summed E-state index contributed by atoms with van der Waals surface area (Å²) in [6.07, 6.45) is 2.77. The highest BCUT2D eigenvalue weighted by Gasteiger charge is 2.24. The third-order valence-electron chi connectivity index (χ3n) is 5.18. The minimum Gasteiger partial charge on any atom is -0.342 e. The molecule has 24 heavy (non-hydrogen) atoms. The quantitative estimate of drug-likeness (QED) is 0.940. The molecule has 0 unspecified atom stereocenters. The Morgan fingerprint density at radius 1 is 1.33 bits per heavy atom. The van der Waals surface area contributed by atoms with Crippen LogP contribution in [0.4, 0.5) is 0 Å². The number of nitrogens with one attached hydrogen (secondary N) is 1. The van der Waals surface area contributed by atoms with Crippen LogP contribution in [-0.4, -0.2) is 42.5 Å². The second-order valence-electron chi connectivity index (χ2n) is 6.90. The molecule has 1 aliphatic rings. The highest BCUT2D eigenvalue weighted by molar-refractivity contribution is 5.86. The molecule has 1 atom stereocenters. The summed E-state index contributed by atoms with van der Waals surface area (Å²) >= 11 is 0. The number of carbonyl (C=O) groups excluding carboxylic acids is 1. The number of aryl methyl sites for hydroxylation is 2. The maximum Gasteiger partial charge on any atom is 0.227 e. The molecule has 0 radical (unpaired) electrons. The van der Waals surface area contributed by atoms with Gasteiger partial charge in [0.1, 0.15) is 0 Å². The molecule has 2 aromatic rings. The first-order valence-corrected chi connectivity index (χ1v) is 8.87. The van der Waals surface area contributed by atoms with Crippen molar-refractivity contribution in [2.75, 3.05) is 26.7 Å². The van der Waals surface area contributed by atoms with Gasteiger partial charge >= 0.3 is 0 Å². The molecule has 1 aromatic carbocycles. The monoisotopic (exact) mass is 325 g/mol. The van der Waals surface area contributed by atoms with Gasteiger partial charge < -0.3 is 10.2 Å². The predicted molar refractivity (Wildman–Crippen MR) is 98.2 cm³/mol. The van der Waals surface area contributed by atoms with E-state index in [0.29, 0.717) is 12.3 Å². The molecule has 3 rings (SSSR count). The van der Waals surface area contributed by atoms with Crippen LogP contribution in [0.1, 0.15) is 29.7 Å². The van der Waals surface area contributed by atoms with Crippen LogP contribution in [0.25, 0.3) is 10.9 Å². The van der Waals surface area contributed by atoms with Crippen molar-refractivity contribution in [1.82, 2.24) is 15.2 Å². The zero-order valence-electron chi connectivity index (χ0n) is 14.9. The van der Waals surface area contributed by atoms with Gasteiger partial charge in [-0.25, -0.2) is 0 Å². The summed E-state index contributed by atoms with van der Waals surface area (Å²) in [5.74, 6) is 0.809. The first kappa shape index (κ1) is 16.9. The fourth-order valence-electron chi connectivity index (χ4n) is 3.84. The lowest BCUT2D eigenvalue weighted by atomic mass is 9.96. The highest BCUT2D eigenvalue weighted by Crippen LogP contribution is 2.24. The van der Waals surface area contributed by atoms with Crippen LogP contribution in [0.5, 0.6) is 0 Å². The molecule has 1 fully saturated rings. The zero-order chi connectivity index (χ0) is 17.1. The van der Waals surface area contributed by atoms with E-state index in [1.165, 1.54) is 12.0 Å². The van der Waals surface area contributed by atoms with Gasteiger partial charge in [-0.1, -0.05) is 18.2 Å². The number of aromatic nitrogens is 1. The van der Waals surface area contributed by atoms with Crippen LogP contribution in [0.15, 0.2) is 24.3 Å². The summed E-state index contributed by atoms with van der Waals surface area (Å²) in [6.45, 7) is 6.87. The third-order valence-corrected chi connectivity index (χ3v) is 5.18. The van der Waals surface area contributed by atoms with Crippen molar-refractivity contribution >= 4 is 16.8 Å². The Bertz CT molecular complexity index is 739. The molecule has 4 nitrogen and oxygen atoms in total. The molecule has 4 heteroatoms. The number of likely N-dealkylation sites (tertiary alicyclic amines) is 1. The Morgan fingerprint density at radius 3 is 2.92 bits per heavy atom. The lowest BCUT2D eigenvalue weighted by Gasteiger charge is -2.33.